The summed E-state index contributed by atoms with van der Waals surface area (Å²) >= 11 is 0. The highest BCUT2D eigenvalue weighted by Crippen LogP contribution is 2.31. The molecule has 3 rings (SSSR count). The first kappa shape index (κ1) is 25.7. The minimum atomic E-state index is -3.60. The van der Waals surface area contributed by atoms with E-state index in [9.17, 15) is 18.0 Å². The lowest BCUT2D eigenvalue weighted by molar-refractivity contribution is -0.126. The summed E-state index contributed by atoms with van der Waals surface area (Å²) in [7, 11) is -3.60. The van der Waals surface area contributed by atoms with Crippen LogP contribution >= 0.6 is 0 Å². The molecule has 182 valence electrons. The number of terminal acetylenes is 1. The van der Waals surface area contributed by atoms with Crippen LogP contribution in [-0.4, -0.2) is 74.5 Å². The van der Waals surface area contributed by atoms with Crippen LogP contribution in [0.4, 0.5) is 0 Å². The molecule has 9 heteroatoms. The van der Waals surface area contributed by atoms with E-state index in [4.69, 9.17) is 6.42 Å². The predicted octanol–water partition coefficient (Wildman–Crippen LogP) is 1.49. The van der Waals surface area contributed by atoms with Crippen molar-refractivity contribution in [2.75, 3.05) is 39.0 Å². The number of piperidine rings is 1. The zero-order valence-electron chi connectivity index (χ0n) is 19.7. The Morgan fingerprint density at radius 1 is 1.12 bits per heavy atom. The number of benzene rings is 2. The van der Waals surface area contributed by atoms with Gasteiger partial charge >= 0.3 is 0 Å². The number of sulfonamides is 1. The Balaban J connectivity index is 1.61. The lowest BCUT2D eigenvalue weighted by Crippen LogP contribution is -2.51. The number of likely N-dealkylation sites (tertiary alicyclic amines) is 1. The maximum atomic E-state index is 12.5. The summed E-state index contributed by atoms with van der Waals surface area (Å²) in [4.78, 5) is 26.3. The van der Waals surface area contributed by atoms with Crippen LogP contribution in [-0.2, 0) is 19.6 Å². The second kappa shape index (κ2) is 11.5. The molecule has 2 aromatic carbocycles. The van der Waals surface area contributed by atoms with Crippen molar-refractivity contribution in [3.8, 4) is 12.3 Å². The van der Waals surface area contributed by atoms with Gasteiger partial charge in [-0.15, -0.1) is 6.42 Å². The van der Waals surface area contributed by atoms with Crippen LogP contribution in [0.5, 0.6) is 0 Å². The fourth-order valence-electron chi connectivity index (χ4n) is 4.48. The SMILES string of the molecule is C#CCNC(=O)CNC(=O)CN(C1CCN([C@@H](C)c2cccc3ccccc23)CC1)S(C)(=O)=O. The van der Waals surface area contributed by atoms with Crippen LogP contribution in [0.25, 0.3) is 10.8 Å². The van der Waals surface area contributed by atoms with E-state index in [1.54, 1.807) is 0 Å². The van der Waals surface area contributed by atoms with E-state index in [0.717, 1.165) is 19.3 Å². The van der Waals surface area contributed by atoms with Crippen molar-refractivity contribution in [3.05, 3.63) is 48.0 Å². The van der Waals surface area contributed by atoms with Crippen molar-refractivity contribution in [3.63, 3.8) is 0 Å². The minimum Gasteiger partial charge on any atom is -0.346 e. The Morgan fingerprint density at radius 3 is 2.47 bits per heavy atom. The monoisotopic (exact) mass is 484 g/mol. The Morgan fingerprint density at radius 2 is 1.79 bits per heavy atom. The summed E-state index contributed by atoms with van der Waals surface area (Å²) < 4.78 is 26.2. The van der Waals surface area contributed by atoms with Crippen molar-refractivity contribution < 1.29 is 18.0 Å². The molecule has 1 heterocycles. The molecule has 0 unspecified atom stereocenters. The van der Waals surface area contributed by atoms with Gasteiger partial charge in [-0.05, 0) is 36.1 Å². The van der Waals surface area contributed by atoms with Gasteiger partial charge in [0.1, 0.15) is 0 Å². The summed E-state index contributed by atoms with van der Waals surface area (Å²) in [5, 5.41) is 7.33. The van der Waals surface area contributed by atoms with E-state index in [-0.39, 0.29) is 31.7 Å². The molecule has 0 spiro atoms. The maximum absolute atomic E-state index is 12.5. The van der Waals surface area contributed by atoms with Gasteiger partial charge in [0.15, 0.2) is 0 Å². The lowest BCUT2D eigenvalue weighted by atomic mass is 9.96. The van der Waals surface area contributed by atoms with Crippen LogP contribution in [0.3, 0.4) is 0 Å². The zero-order valence-corrected chi connectivity index (χ0v) is 20.5. The first-order valence-electron chi connectivity index (χ1n) is 11.4. The Hall–Kier alpha value is -2.93. The first-order chi connectivity index (χ1) is 16.2. The number of carbonyl (C=O) groups is 2. The van der Waals surface area contributed by atoms with Crippen molar-refractivity contribution >= 4 is 32.6 Å². The van der Waals surface area contributed by atoms with E-state index in [1.807, 2.05) is 12.1 Å². The van der Waals surface area contributed by atoms with E-state index >= 15 is 0 Å². The largest absolute Gasteiger partial charge is 0.346 e. The number of amides is 2. The van der Waals surface area contributed by atoms with Gasteiger partial charge < -0.3 is 10.6 Å². The second-order valence-electron chi connectivity index (χ2n) is 8.58. The average molecular weight is 485 g/mol. The van der Waals surface area contributed by atoms with Gasteiger partial charge in [0.25, 0.3) is 0 Å². The Labute approximate surface area is 201 Å². The summed E-state index contributed by atoms with van der Waals surface area (Å²) in [5.41, 5.74) is 1.25. The van der Waals surface area contributed by atoms with Gasteiger partial charge in [-0.1, -0.05) is 48.4 Å². The fraction of sp³-hybridized carbons (Fsp3) is 0.440. The molecule has 0 saturated carbocycles. The molecular weight excluding hydrogens is 452 g/mol. The predicted molar refractivity (Wildman–Crippen MR) is 133 cm³/mol. The van der Waals surface area contributed by atoms with Gasteiger partial charge in [0, 0.05) is 25.2 Å². The molecule has 0 radical (unpaired) electrons. The highest BCUT2D eigenvalue weighted by molar-refractivity contribution is 7.88. The molecule has 1 fully saturated rings. The number of fused-ring (bicyclic) bond motifs is 1. The van der Waals surface area contributed by atoms with E-state index < -0.39 is 21.8 Å². The van der Waals surface area contributed by atoms with Crippen LogP contribution in [0.2, 0.25) is 0 Å². The molecule has 8 nitrogen and oxygen atoms in total. The number of rotatable bonds is 9. The van der Waals surface area contributed by atoms with Gasteiger partial charge in [-0.3, -0.25) is 14.5 Å². The third-order valence-electron chi connectivity index (χ3n) is 6.29. The molecule has 2 aromatic rings. The van der Waals surface area contributed by atoms with Gasteiger partial charge in [0.2, 0.25) is 21.8 Å². The number of hydrogen-bond donors (Lipinski definition) is 2. The molecule has 0 aliphatic carbocycles. The molecule has 2 amide bonds. The third kappa shape index (κ3) is 6.56. The summed E-state index contributed by atoms with van der Waals surface area (Å²) in [6.07, 6.45) is 7.45. The average Bonchev–Trinajstić information content (AvgIpc) is 2.83. The first-order valence-corrected chi connectivity index (χ1v) is 13.2. The molecule has 1 atom stereocenters. The second-order valence-corrected chi connectivity index (χ2v) is 10.5. The molecular formula is C25H32N4O4S. The standard InChI is InChI=1S/C25H32N4O4S/c1-4-14-26-24(30)17-27-25(31)18-29(34(3,32)33)21-12-15-28(16-13-21)19(2)22-11-7-9-20-8-5-6-10-23(20)22/h1,5-11,19,21H,12-18H2,2-3H3,(H,26,30)(H,27,31)/t19-/m0/s1. The molecule has 1 aliphatic rings. The molecule has 2 N–H and O–H groups in total. The van der Waals surface area contributed by atoms with Crippen LogP contribution in [0, 0.1) is 12.3 Å². The number of nitrogens with zero attached hydrogens (tertiary/aromatic N) is 2. The molecule has 0 bridgehead atoms. The zero-order chi connectivity index (χ0) is 24.7. The van der Waals surface area contributed by atoms with Gasteiger partial charge in [0.05, 0.1) is 25.9 Å². The number of hydrogen-bond acceptors (Lipinski definition) is 5. The normalized spacial score (nSPS) is 16.2. The summed E-state index contributed by atoms with van der Waals surface area (Å²) in [6.45, 7) is 3.12. The van der Waals surface area contributed by atoms with Crippen molar-refractivity contribution in [2.45, 2.75) is 31.8 Å². The quantitative estimate of drug-likeness (QED) is 0.526. The topological polar surface area (TPSA) is 98.8 Å². The van der Waals surface area contributed by atoms with Crippen molar-refractivity contribution in [1.82, 2.24) is 19.8 Å². The van der Waals surface area contributed by atoms with E-state index in [0.29, 0.717) is 12.8 Å². The van der Waals surface area contributed by atoms with Gasteiger partial charge in [-0.25, -0.2) is 8.42 Å². The highest BCUT2D eigenvalue weighted by Gasteiger charge is 2.33. The summed E-state index contributed by atoms with van der Waals surface area (Å²) in [5.74, 6) is 1.33. The molecule has 34 heavy (non-hydrogen) atoms. The molecule has 1 saturated heterocycles. The van der Waals surface area contributed by atoms with E-state index in [2.05, 4.69) is 58.7 Å². The number of nitrogens with one attached hydrogen (secondary N) is 2. The minimum absolute atomic E-state index is 0.0694. The Kier molecular flexibility index (Phi) is 8.67. The van der Waals surface area contributed by atoms with Crippen molar-refractivity contribution in [2.24, 2.45) is 0 Å². The Bertz CT molecular complexity index is 1160. The third-order valence-corrected chi connectivity index (χ3v) is 7.57. The molecule has 0 aromatic heterocycles. The molecule has 1 aliphatic heterocycles. The lowest BCUT2D eigenvalue weighted by Gasteiger charge is -2.39. The van der Waals surface area contributed by atoms with Crippen LogP contribution < -0.4 is 10.6 Å². The highest BCUT2D eigenvalue weighted by atomic mass is 32.2. The fourth-order valence-corrected chi connectivity index (χ4v) is 5.58. The van der Waals surface area contributed by atoms with E-state index in [1.165, 1.54) is 20.6 Å². The van der Waals surface area contributed by atoms with Gasteiger partial charge in [-0.2, -0.15) is 4.31 Å². The summed E-state index contributed by atoms with van der Waals surface area (Å²) in [6, 6.07) is 14.5. The smallest absolute Gasteiger partial charge is 0.240 e. The van der Waals surface area contributed by atoms with Crippen LogP contribution in [0.15, 0.2) is 42.5 Å². The maximum Gasteiger partial charge on any atom is 0.240 e. The number of carbonyl (C=O) groups excluding carboxylic acids is 2. The van der Waals surface area contributed by atoms with Crippen molar-refractivity contribution in [1.29, 1.82) is 0 Å². The van der Waals surface area contributed by atoms with Crippen LogP contribution in [0.1, 0.15) is 31.4 Å².